The molecule has 1 aliphatic carbocycles. The zero-order valence-corrected chi connectivity index (χ0v) is 21.9. The number of carbonyl (C=O) groups excluding carboxylic acids is 4. The summed E-state index contributed by atoms with van der Waals surface area (Å²) < 4.78 is 5.78. The molecule has 0 radical (unpaired) electrons. The van der Waals surface area contributed by atoms with Gasteiger partial charge in [-0.2, -0.15) is 0 Å². The van der Waals surface area contributed by atoms with Gasteiger partial charge in [-0.15, -0.1) is 11.6 Å². The molecule has 1 aromatic rings. The molecule has 36 heavy (non-hydrogen) atoms. The van der Waals surface area contributed by atoms with Gasteiger partial charge in [-0.1, -0.05) is 44.2 Å². The molecular formula is C27H38ClN3O5. The molecule has 1 aromatic carbocycles. The molecule has 1 saturated heterocycles. The van der Waals surface area contributed by atoms with Crippen molar-refractivity contribution in [3.8, 4) is 0 Å². The van der Waals surface area contributed by atoms with Crippen LogP contribution < -0.4 is 16.0 Å². The second-order valence-electron chi connectivity index (χ2n) is 10.3. The third kappa shape index (κ3) is 8.22. The fourth-order valence-corrected chi connectivity index (χ4v) is 5.30. The molecule has 198 valence electrons. The second kappa shape index (κ2) is 13.6. The maximum Gasteiger partial charge on any atom is 0.408 e. The molecule has 9 heteroatoms. The van der Waals surface area contributed by atoms with Crippen LogP contribution in [0.15, 0.2) is 30.3 Å². The van der Waals surface area contributed by atoms with Crippen molar-refractivity contribution in [3.05, 3.63) is 35.9 Å². The van der Waals surface area contributed by atoms with Crippen molar-refractivity contribution in [2.75, 3.05) is 12.4 Å². The first-order valence-corrected chi connectivity index (χ1v) is 13.5. The van der Waals surface area contributed by atoms with Gasteiger partial charge < -0.3 is 20.7 Å². The number of alkyl halides is 1. The number of amides is 3. The Kier molecular flexibility index (Phi) is 10.6. The van der Waals surface area contributed by atoms with Gasteiger partial charge in [-0.05, 0) is 56.4 Å². The summed E-state index contributed by atoms with van der Waals surface area (Å²) in [4.78, 5) is 50.4. The Labute approximate surface area is 218 Å². The number of carbonyl (C=O) groups is 4. The molecule has 8 nitrogen and oxygen atoms in total. The summed E-state index contributed by atoms with van der Waals surface area (Å²) in [5.74, 6) is -1.24. The van der Waals surface area contributed by atoms with Crippen molar-refractivity contribution in [1.29, 1.82) is 0 Å². The fourth-order valence-electron chi connectivity index (χ4n) is 5.12. The average Bonchev–Trinajstić information content (AvgIpc) is 3.46. The number of halogens is 1. The summed E-state index contributed by atoms with van der Waals surface area (Å²) in [5, 5.41) is 8.21. The zero-order valence-electron chi connectivity index (χ0n) is 21.1. The summed E-state index contributed by atoms with van der Waals surface area (Å²) in [6.45, 7) is 4.45. The van der Waals surface area contributed by atoms with Crippen LogP contribution in [0.5, 0.6) is 0 Å². The number of alkyl carbamates (subject to hydrolysis) is 1. The van der Waals surface area contributed by atoms with Crippen LogP contribution in [0.3, 0.4) is 0 Å². The quantitative estimate of drug-likeness (QED) is 0.366. The highest BCUT2D eigenvalue weighted by atomic mass is 35.5. The molecule has 0 aromatic heterocycles. The normalized spacial score (nSPS) is 23.1. The summed E-state index contributed by atoms with van der Waals surface area (Å²) >= 11 is 5.78. The van der Waals surface area contributed by atoms with Crippen molar-refractivity contribution < 1.29 is 23.9 Å². The highest BCUT2D eigenvalue weighted by molar-refractivity contribution is 6.28. The molecule has 5 unspecified atom stereocenters. The Morgan fingerprint density at radius 2 is 1.83 bits per heavy atom. The van der Waals surface area contributed by atoms with Gasteiger partial charge in [0, 0.05) is 18.4 Å². The maximum atomic E-state index is 13.2. The Morgan fingerprint density at radius 3 is 2.47 bits per heavy atom. The van der Waals surface area contributed by atoms with Crippen molar-refractivity contribution in [2.45, 2.75) is 77.0 Å². The number of nitrogens with one attached hydrogen (secondary N) is 3. The van der Waals surface area contributed by atoms with E-state index in [-0.39, 0.29) is 47.8 Å². The van der Waals surface area contributed by atoms with Crippen molar-refractivity contribution in [2.24, 2.45) is 17.8 Å². The molecule has 3 N–H and O–H groups in total. The Balaban J connectivity index is 1.60. The van der Waals surface area contributed by atoms with Crippen molar-refractivity contribution >= 4 is 35.3 Å². The first-order chi connectivity index (χ1) is 17.3. The number of benzene rings is 1. The highest BCUT2D eigenvalue weighted by Crippen LogP contribution is 2.31. The van der Waals surface area contributed by atoms with Crippen LogP contribution in [0.2, 0.25) is 0 Å². The van der Waals surface area contributed by atoms with Gasteiger partial charge in [-0.25, -0.2) is 4.79 Å². The second-order valence-corrected chi connectivity index (χ2v) is 10.6. The number of ether oxygens (including phenoxy) is 1. The monoisotopic (exact) mass is 519 g/mol. The minimum Gasteiger partial charge on any atom is -0.446 e. The van der Waals surface area contributed by atoms with Crippen LogP contribution in [-0.4, -0.2) is 54.3 Å². The van der Waals surface area contributed by atoms with Gasteiger partial charge in [0.1, 0.15) is 12.1 Å². The molecule has 3 amide bonds. The Hall–Kier alpha value is -2.61. The van der Waals surface area contributed by atoms with E-state index in [1.807, 2.05) is 32.0 Å². The van der Waals surface area contributed by atoms with Crippen molar-refractivity contribution in [1.82, 2.24) is 16.0 Å². The Bertz CT molecular complexity index is 910. The molecule has 5 atom stereocenters. The topological polar surface area (TPSA) is 114 Å². The first kappa shape index (κ1) is 28.0. The van der Waals surface area contributed by atoms with Crippen LogP contribution in [-0.2, 0) is 25.5 Å². The smallest absolute Gasteiger partial charge is 0.408 e. The first-order valence-electron chi connectivity index (χ1n) is 12.9. The van der Waals surface area contributed by atoms with Crippen LogP contribution in [0.4, 0.5) is 4.79 Å². The lowest BCUT2D eigenvalue weighted by atomic mass is 9.95. The van der Waals surface area contributed by atoms with Gasteiger partial charge in [0.15, 0.2) is 5.78 Å². The zero-order chi connectivity index (χ0) is 26.1. The number of hydrogen-bond donors (Lipinski definition) is 3. The summed E-state index contributed by atoms with van der Waals surface area (Å²) in [7, 11) is 0. The average molecular weight is 520 g/mol. The minimum atomic E-state index is -0.888. The SMILES string of the molecule is CC(C)CC(NC(=O)OC1CCCC1Cc1ccccc1)C(=O)NC(CC1CCNC1=O)C(=O)CCl. The van der Waals surface area contributed by atoms with Gasteiger partial charge in [0.2, 0.25) is 11.8 Å². The van der Waals surface area contributed by atoms with Crippen LogP contribution >= 0.6 is 11.6 Å². The summed E-state index contributed by atoms with van der Waals surface area (Å²) in [6.07, 6.45) is 3.94. The largest absolute Gasteiger partial charge is 0.446 e. The molecular weight excluding hydrogens is 482 g/mol. The van der Waals surface area contributed by atoms with E-state index in [1.54, 1.807) is 0 Å². The minimum absolute atomic E-state index is 0.112. The predicted octanol–water partition coefficient (Wildman–Crippen LogP) is 3.36. The highest BCUT2D eigenvalue weighted by Gasteiger charge is 2.34. The predicted molar refractivity (Wildman–Crippen MR) is 138 cm³/mol. The van der Waals surface area contributed by atoms with E-state index < -0.39 is 24.1 Å². The van der Waals surface area contributed by atoms with E-state index in [4.69, 9.17) is 16.3 Å². The number of hydrogen-bond acceptors (Lipinski definition) is 5. The summed E-state index contributed by atoms with van der Waals surface area (Å²) in [5.41, 5.74) is 1.21. The molecule has 1 heterocycles. The van der Waals surface area contributed by atoms with Crippen LogP contribution in [0.1, 0.15) is 57.9 Å². The fraction of sp³-hybridized carbons (Fsp3) is 0.630. The van der Waals surface area contributed by atoms with E-state index in [1.165, 1.54) is 5.56 Å². The number of ketones is 1. The van der Waals surface area contributed by atoms with E-state index in [0.29, 0.717) is 19.4 Å². The number of Topliss-reactive ketones (excluding diaryl/α,β-unsaturated/α-hetero) is 1. The van der Waals surface area contributed by atoms with Gasteiger partial charge in [0.05, 0.1) is 11.9 Å². The van der Waals surface area contributed by atoms with E-state index in [2.05, 4.69) is 28.1 Å². The third-order valence-electron chi connectivity index (χ3n) is 7.02. The lowest BCUT2D eigenvalue weighted by Crippen LogP contribution is -2.53. The van der Waals surface area contributed by atoms with Gasteiger partial charge >= 0.3 is 6.09 Å². The van der Waals surface area contributed by atoms with Gasteiger partial charge in [0.25, 0.3) is 0 Å². The Morgan fingerprint density at radius 1 is 1.08 bits per heavy atom. The molecule has 0 spiro atoms. The molecule has 3 rings (SSSR count). The molecule has 1 aliphatic heterocycles. The van der Waals surface area contributed by atoms with Crippen LogP contribution in [0.25, 0.3) is 0 Å². The molecule has 2 aliphatic rings. The standard InChI is InChI=1S/C27H38ClN3O5/c1-17(2)13-22(26(34)30-21(23(32)16-28)15-20-11-12-29-25(20)33)31-27(35)36-24-10-6-9-19(24)14-18-7-4-3-5-8-18/h3-5,7-8,17,19-22,24H,6,9-16H2,1-2H3,(H,29,33)(H,30,34)(H,31,35). The molecule has 0 bridgehead atoms. The van der Waals surface area contributed by atoms with E-state index in [9.17, 15) is 19.2 Å². The maximum absolute atomic E-state index is 13.2. The molecule has 1 saturated carbocycles. The van der Waals surface area contributed by atoms with Gasteiger partial charge in [-0.3, -0.25) is 14.4 Å². The van der Waals surface area contributed by atoms with Crippen molar-refractivity contribution in [3.63, 3.8) is 0 Å². The van der Waals surface area contributed by atoms with E-state index in [0.717, 1.165) is 25.7 Å². The van der Waals surface area contributed by atoms with Crippen LogP contribution in [0, 0.1) is 17.8 Å². The number of rotatable bonds is 12. The lowest BCUT2D eigenvalue weighted by molar-refractivity contribution is -0.129. The third-order valence-corrected chi connectivity index (χ3v) is 7.29. The lowest BCUT2D eigenvalue weighted by Gasteiger charge is -2.26. The van der Waals surface area contributed by atoms with E-state index >= 15 is 0 Å². The molecule has 2 fully saturated rings. The summed E-state index contributed by atoms with van der Waals surface area (Å²) in [6, 6.07) is 8.38.